The Morgan fingerprint density at radius 2 is 1.62 bits per heavy atom. The zero-order valence-corrected chi connectivity index (χ0v) is 11.6. The van der Waals surface area contributed by atoms with Gasteiger partial charge in [-0.05, 0) is 30.2 Å². The van der Waals surface area contributed by atoms with Gasteiger partial charge in [-0.15, -0.1) is 0 Å². The minimum absolute atomic E-state index is 0.428. The number of nitrogens with one attached hydrogen (secondary N) is 1. The van der Waals surface area contributed by atoms with Gasteiger partial charge in [0.1, 0.15) is 0 Å². The average Bonchev–Trinajstić information content (AvgIpc) is 2.87. The number of carbonyl (C=O) groups is 1. The number of H-pyrrole nitrogens is 1. The predicted octanol–water partition coefficient (Wildman–Crippen LogP) is 3.15. The van der Waals surface area contributed by atoms with Crippen molar-refractivity contribution < 1.29 is 4.79 Å². The molecule has 21 heavy (non-hydrogen) atoms. The molecule has 1 aromatic carbocycles. The molecule has 0 aliphatic carbocycles. The zero-order valence-electron chi connectivity index (χ0n) is 11.6. The van der Waals surface area contributed by atoms with E-state index in [2.05, 4.69) is 9.97 Å². The maximum Gasteiger partial charge on any atom is 0.251 e. The monoisotopic (exact) mass is 277 g/mol. The highest BCUT2D eigenvalue weighted by Crippen LogP contribution is 2.32. The summed E-state index contributed by atoms with van der Waals surface area (Å²) in [5, 5.41) is 0. The number of aromatic amines is 1. The number of benzene rings is 1. The molecule has 2 aromatic heterocycles. The van der Waals surface area contributed by atoms with Crippen molar-refractivity contribution >= 4 is 5.91 Å². The number of amides is 1. The van der Waals surface area contributed by atoms with Crippen LogP contribution in [0.5, 0.6) is 0 Å². The summed E-state index contributed by atoms with van der Waals surface area (Å²) in [4.78, 5) is 19.2. The number of hydrogen-bond acceptors (Lipinski definition) is 2. The van der Waals surface area contributed by atoms with Crippen molar-refractivity contribution in [2.75, 3.05) is 0 Å². The fourth-order valence-corrected chi connectivity index (χ4v) is 2.53. The van der Waals surface area contributed by atoms with Crippen LogP contribution in [0.1, 0.15) is 15.9 Å². The molecule has 0 unspecified atom stereocenters. The summed E-state index contributed by atoms with van der Waals surface area (Å²) in [7, 11) is 0. The number of rotatable bonds is 3. The van der Waals surface area contributed by atoms with Gasteiger partial charge in [-0.1, -0.05) is 30.3 Å². The van der Waals surface area contributed by atoms with E-state index in [1.807, 2.05) is 49.4 Å². The molecule has 0 atom stereocenters. The van der Waals surface area contributed by atoms with Gasteiger partial charge < -0.3 is 10.7 Å². The SMILES string of the molecule is Cc1c(-c2ccncc2)[nH]c(-c2ccccc2)c1C(N)=O. The molecule has 104 valence electrons. The molecule has 3 aromatic rings. The molecule has 0 radical (unpaired) electrons. The topological polar surface area (TPSA) is 71.8 Å². The molecule has 0 saturated heterocycles. The number of carbonyl (C=O) groups excluding carboxylic acids is 1. The van der Waals surface area contributed by atoms with Crippen molar-refractivity contribution in [3.05, 3.63) is 66.0 Å². The lowest BCUT2D eigenvalue weighted by atomic mass is 10.0. The maximum atomic E-state index is 11.9. The zero-order chi connectivity index (χ0) is 14.8. The summed E-state index contributed by atoms with van der Waals surface area (Å²) < 4.78 is 0. The van der Waals surface area contributed by atoms with Crippen LogP contribution in [0.25, 0.3) is 22.5 Å². The van der Waals surface area contributed by atoms with E-state index in [-0.39, 0.29) is 0 Å². The minimum atomic E-state index is -0.428. The Balaban J connectivity index is 2.24. The molecule has 0 aliphatic rings. The first-order valence-corrected chi connectivity index (χ1v) is 6.66. The van der Waals surface area contributed by atoms with Gasteiger partial charge in [0.25, 0.3) is 5.91 Å². The van der Waals surface area contributed by atoms with Gasteiger partial charge in [-0.25, -0.2) is 0 Å². The summed E-state index contributed by atoms with van der Waals surface area (Å²) in [6, 6.07) is 13.5. The minimum Gasteiger partial charge on any atom is -0.366 e. The first kappa shape index (κ1) is 13.1. The van der Waals surface area contributed by atoms with Crippen molar-refractivity contribution in [1.29, 1.82) is 0 Å². The number of primary amides is 1. The fraction of sp³-hybridized carbons (Fsp3) is 0.0588. The third-order valence-corrected chi connectivity index (χ3v) is 3.53. The Morgan fingerprint density at radius 3 is 2.24 bits per heavy atom. The first-order chi connectivity index (χ1) is 10.2. The van der Waals surface area contributed by atoms with Crippen LogP contribution in [0.3, 0.4) is 0 Å². The molecule has 4 nitrogen and oxygen atoms in total. The molecule has 0 bridgehead atoms. The molecular formula is C17H15N3O. The third kappa shape index (κ3) is 2.31. The number of nitrogens with two attached hydrogens (primary N) is 1. The van der Waals surface area contributed by atoms with E-state index in [4.69, 9.17) is 5.73 Å². The highest BCUT2D eigenvalue weighted by atomic mass is 16.1. The third-order valence-electron chi connectivity index (χ3n) is 3.53. The van der Waals surface area contributed by atoms with Gasteiger partial charge in [-0.3, -0.25) is 9.78 Å². The molecule has 0 aliphatic heterocycles. The summed E-state index contributed by atoms with van der Waals surface area (Å²) >= 11 is 0. The molecule has 4 heteroatoms. The normalized spacial score (nSPS) is 10.5. The molecule has 0 saturated carbocycles. The van der Waals surface area contributed by atoms with E-state index in [9.17, 15) is 4.79 Å². The molecule has 0 fully saturated rings. The van der Waals surface area contributed by atoms with Gasteiger partial charge >= 0.3 is 0 Å². The van der Waals surface area contributed by atoms with Gasteiger partial charge in [-0.2, -0.15) is 0 Å². The number of hydrogen-bond donors (Lipinski definition) is 2. The highest BCUT2D eigenvalue weighted by molar-refractivity contribution is 6.02. The largest absolute Gasteiger partial charge is 0.366 e. The Labute approximate surface area is 122 Å². The lowest BCUT2D eigenvalue weighted by Crippen LogP contribution is -2.12. The van der Waals surface area contributed by atoms with Crippen molar-refractivity contribution in [3.63, 3.8) is 0 Å². The van der Waals surface area contributed by atoms with Crippen LogP contribution in [0.15, 0.2) is 54.9 Å². The molecule has 2 heterocycles. The quantitative estimate of drug-likeness (QED) is 0.772. The van der Waals surface area contributed by atoms with Gasteiger partial charge in [0.15, 0.2) is 0 Å². The summed E-state index contributed by atoms with van der Waals surface area (Å²) in [5.41, 5.74) is 10.5. The van der Waals surface area contributed by atoms with Crippen LogP contribution in [-0.4, -0.2) is 15.9 Å². The van der Waals surface area contributed by atoms with Crippen LogP contribution >= 0.6 is 0 Å². The standard InChI is InChI=1S/C17H15N3O/c1-11-14(17(18)21)16(12-5-3-2-4-6-12)20-15(11)13-7-9-19-10-8-13/h2-10,20H,1H3,(H2,18,21). The molecule has 3 rings (SSSR count). The van der Waals surface area contributed by atoms with E-state index < -0.39 is 5.91 Å². The van der Waals surface area contributed by atoms with E-state index in [1.165, 1.54) is 0 Å². The van der Waals surface area contributed by atoms with E-state index >= 15 is 0 Å². The van der Waals surface area contributed by atoms with E-state index in [0.29, 0.717) is 5.56 Å². The molecular weight excluding hydrogens is 262 g/mol. The second kappa shape index (κ2) is 5.25. The van der Waals surface area contributed by atoms with Crippen LogP contribution in [0.4, 0.5) is 0 Å². The van der Waals surface area contributed by atoms with Crippen molar-refractivity contribution in [1.82, 2.24) is 9.97 Å². The van der Waals surface area contributed by atoms with Crippen molar-refractivity contribution in [3.8, 4) is 22.5 Å². The average molecular weight is 277 g/mol. The smallest absolute Gasteiger partial charge is 0.251 e. The van der Waals surface area contributed by atoms with E-state index in [1.54, 1.807) is 12.4 Å². The number of aromatic nitrogens is 2. The molecule has 0 spiro atoms. The van der Waals surface area contributed by atoms with Crippen LogP contribution in [-0.2, 0) is 0 Å². The van der Waals surface area contributed by atoms with Crippen molar-refractivity contribution in [2.24, 2.45) is 5.73 Å². The molecule has 1 amide bonds. The number of nitrogens with zero attached hydrogens (tertiary/aromatic N) is 1. The second-order valence-corrected chi connectivity index (χ2v) is 4.84. The first-order valence-electron chi connectivity index (χ1n) is 6.66. The van der Waals surface area contributed by atoms with E-state index in [0.717, 1.165) is 28.1 Å². The summed E-state index contributed by atoms with van der Waals surface area (Å²) in [6.07, 6.45) is 3.45. The maximum absolute atomic E-state index is 11.9. The Hall–Kier alpha value is -2.88. The van der Waals surface area contributed by atoms with Crippen LogP contribution < -0.4 is 5.73 Å². The Kier molecular flexibility index (Phi) is 3.28. The van der Waals surface area contributed by atoms with Crippen molar-refractivity contribution in [2.45, 2.75) is 6.92 Å². The Bertz CT molecular complexity index is 777. The second-order valence-electron chi connectivity index (χ2n) is 4.84. The predicted molar refractivity (Wildman–Crippen MR) is 82.7 cm³/mol. The van der Waals surface area contributed by atoms with Gasteiger partial charge in [0.2, 0.25) is 0 Å². The summed E-state index contributed by atoms with van der Waals surface area (Å²) in [5.74, 6) is -0.428. The molecule has 3 N–H and O–H groups in total. The fourth-order valence-electron chi connectivity index (χ4n) is 2.53. The lowest BCUT2D eigenvalue weighted by molar-refractivity contribution is 0.100. The summed E-state index contributed by atoms with van der Waals surface area (Å²) in [6.45, 7) is 1.90. The van der Waals surface area contributed by atoms with Gasteiger partial charge in [0.05, 0.1) is 11.3 Å². The lowest BCUT2D eigenvalue weighted by Gasteiger charge is -2.01. The highest BCUT2D eigenvalue weighted by Gasteiger charge is 2.20. The van der Waals surface area contributed by atoms with Crippen LogP contribution in [0.2, 0.25) is 0 Å². The number of pyridine rings is 1. The van der Waals surface area contributed by atoms with Crippen LogP contribution in [0, 0.1) is 6.92 Å². The Morgan fingerprint density at radius 1 is 1.00 bits per heavy atom. The van der Waals surface area contributed by atoms with Gasteiger partial charge in [0, 0.05) is 23.7 Å².